The van der Waals surface area contributed by atoms with E-state index in [0.29, 0.717) is 11.3 Å². The van der Waals surface area contributed by atoms with Crippen molar-refractivity contribution in [3.05, 3.63) is 101 Å². The van der Waals surface area contributed by atoms with Gasteiger partial charge in [0.25, 0.3) is 11.8 Å². The number of hydrogen-bond acceptors (Lipinski definition) is 4. The van der Waals surface area contributed by atoms with Gasteiger partial charge < -0.3 is 10.1 Å². The van der Waals surface area contributed by atoms with Crippen LogP contribution in [0.1, 0.15) is 25.0 Å². The Morgan fingerprint density at radius 2 is 1.58 bits per heavy atom. The van der Waals surface area contributed by atoms with Crippen LogP contribution in [-0.4, -0.2) is 22.8 Å². The molecule has 168 valence electrons. The van der Waals surface area contributed by atoms with Crippen LogP contribution < -0.4 is 10.1 Å². The molecule has 4 rings (SSSR count). The van der Waals surface area contributed by atoms with E-state index in [9.17, 15) is 18.4 Å². The summed E-state index contributed by atoms with van der Waals surface area (Å²) < 4.78 is 32.8. The van der Waals surface area contributed by atoms with Gasteiger partial charge in [0.1, 0.15) is 11.4 Å². The van der Waals surface area contributed by atoms with Crippen LogP contribution in [0.5, 0.6) is 5.75 Å². The van der Waals surface area contributed by atoms with E-state index < -0.39 is 23.4 Å². The first-order valence-corrected chi connectivity index (χ1v) is 10.5. The lowest BCUT2D eigenvalue weighted by molar-refractivity contribution is -0.137. The number of ether oxygens (including phenoxy) is 1. The van der Waals surface area contributed by atoms with E-state index in [-0.39, 0.29) is 29.6 Å². The number of hydrogen-bond donors (Lipinski definition) is 1. The van der Waals surface area contributed by atoms with Crippen LogP contribution in [-0.2, 0) is 16.1 Å². The summed E-state index contributed by atoms with van der Waals surface area (Å²) in [6, 6.07) is 19.1. The van der Waals surface area contributed by atoms with Crippen LogP contribution in [0.3, 0.4) is 0 Å². The van der Waals surface area contributed by atoms with E-state index in [0.717, 1.165) is 22.6 Å². The van der Waals surface area contributed by atoms with Crippen molar-refractivity contribution in [2.75, 3.05) is 5.32 Å². The Labute approximate surface area is 190 Å². The average molecular weight is 448 g/mol. The zero-order chi connectivity index (χ0) is 23.5. The zero-order valence-corrected chi connectivity index (χ0v) is 18.1. The summed E-state index contributed by atoms with van der Waals surface area (Å²) in [6.07, 6.45) is -0.0169. The molecule has 1 heterocycles. The molecule has 3 aromatic carbocycles. The minimum absolute atomic E-state index is 0.000493. The number of nitrogens with one attached hydrogen (secondary N) is 1. The van der Waals surface area contributed by atoms with Crippen molar-refractivity contribution in [3.8, 4) is 5.75 Å². The van der Waals surface area contributed by atoms with E-state index in [1.807, 2.05) is 44.2 Å². The molecule has 1 aliphatic rings. The average Bonchev–Trinajstić information content (AvgIpc) is 3.01. The lowest BCUT2D eigenvalue weighted by atomic mass is 10.0. The highest BCUT2D eigenvalue weighted by molar-refractivity contribution is 6.36. The summed E-state index contributed by atoms with van der Waals surface area (Å²) in [4.78, 5) is 27.7. The third-order valence-corrected chi connectivity index (χ3v) is 5.06. The first-order chi connectivity index (χ1) is 15.8. The second-order valence-electron chi connectivity index (χ2n) is 7.88. The van der Waals surface area contributed by atoms with E-state index in [2.05, 4.69) is 5.32 Å². The molecule has 0 spiro atoms. The molecule has 0 atom stereocenters. The number of benzene rings is 3. The lowest BCUT2D eigenvalue weighted by Gasteiger charge is -2.15. The Morgan fingerprint density at radius 1 is 0.879 bits per heavy atom. The Hall–Kier alpha value is -4.00. The summed E-state index contributed by atoms with van der Waals surface area (Å²) in [5, 5.41) is 2.83. The molecule has 1 N–H and O–H groups in total. The van der Waals surface area contributed by atoms with Gasteiger partial charge in [0.05, 0.1) is 18.2 Å². The first kappa shape index (κ1) is 22.2. The maximum atomic E-state index is 13.8. The van der Waals surface area contributed by atoms with Crippen molar-refractivity contribution < 1.29 is 23.1 Å². The fourth-order valence-corrected chi connectivity index (χ4v) is 3.56. The Morgan fingerprint density at radius 3 is 2.21 bits per heavy atom. The molecule has 0 aromatic heterocycles. The molecule has 7 heteroatoms. The summed E-state index contributed by atoms with van der Waals surface area (Å²) >= 11 is 0. The maximum Gasteiger partial charge on any atom is 0.278 e. The van der Waals surface area contributed by atoms with Crippen LogP contribution >= 0.6 is 0 Å². The quantitative estimate of drug-likeness (QED) is 0.509. The number of anilines is 1. The standard InChI is InChI=1S/C26H22F2N2O3/c1-16(2)33-20-11-8-18(9-12-20)23-24(29-19-10-13-21(27)22(28)14-19)26(32)30(25(23)31)15-17-6-4-3-5-7-17/h3-14,16,29H,15H2,1-2H3. The second kappa shape index (κ2) is 9.24. The molecule has 0 saturated heterocycles. The predicted octanol–water partition coefficient (Wildman–Crippen LogP) is 5.14. The van der Waals surface area contributed by atoms with Gasteiger partial charge in [0.2, 0.25) is 0 Å². The van der Waals surface area contributed by atoms with Crippen molar-refractivity contribution in [2.24, 2.45) is 0 Å². The van der Waals surface area contributed by atoms with Gasteiger partial charge in [0, 0.05) is 11.8 Å². The van der Waals surface area contributed by atoms with Gasteiger partial charge in [-0.3, -0.25) is 14.5 Å². The van der Waals surface area contributed by atoms with E-state index in [1.54, 1.807) is 24.3 Å². The number of imide groups is 1. The Balaban J connectivity index is 1.72. The molecule has 0 unspecified atom stereocenters. The van der Waals surface area contributed by atoms with Crippen LogP contribution in [0.2, 0.25) is 0 Å². The van der Waals surface area contributed by atoms with Crippen molar-refractivity contribution in [3.63, 3.8) is 0 Å². The molecule has 0 bridgehead atoms. The van der Waals surface area contributed by atoms with E-state index in [4.69, 9.17) is 4.74 Å². The molecule has 2 amide bonds. The Kier molecular flexibility index (Phi) is 6.22. The van der Waals surface area contributed by atoms with Gasteiger partial charge in [-0.05, 0) is 49.2 Å². The fourth-order valence-electron chi connectivity index (χ4n) is 3.56. The van der Waals surface area contributed by atoms with Gasteiger partial charge in [-0.2, -0.15) is 0 Å². The number of rotatable bonds is 7. The topological polar surface area (TPSA) is 58.6 Å². The highest BCUT2D eigenvalue weighted by atomic mass is 19.2. The third-order valence-electron chi connectivity index (χ3n) is 5.06. The van der Waals surface area contributed by atoms with Crippen LogP contribution in [0.15, 0.2) is 78.5 Å². The highest BCUT2D eigenvalue weighted by Crippen LogP contribution is 2.32. The molecule has 0 radical (unpaired) electrons. The van der Waals surface area contributed by atoms with Crippen LogP contribution in [0, 0.1) is 11.6 Å². The molecule has 0 aliphatic carbocycles. The highest BCUT2D eigenvalue weighted by Gasteiger charge is 2.39. The van der Waals surface area contributed by atoms with Crippen LogP contribution in [0.4, 0.5) is 14.5 Å². The van der Waals surface area contributed by atoms with Crippen molar-refractivity contribution in [2.45, 2.75) is 26.5 Å². The number of amides is 2. The zero-order valence-electron chi connectivity index (χ0n) is 18.1. The van der Waals surface area contributed by atoms with Crippen molar-refractivity contribution in [1.82, 2.24) is 4.90 Å². The van der Waals surface area contributed by atoms with E-state index in [1.165, 1.54) is 6.07 Å². The number of carbonyl (C=O) groups is 2. The number of nitrogens with zero attached hydrogens (tertiary/aromatic N) is 1. The van der Waals surface area contributed by atoms with Crippen molar-refractivity contribution >= 4 is 23.1 Å². The van der Waals surface area contributed by atoms with E-state index >= 15 is 0 Å². The summed E-state index contributed by atoms with van der Waals surface area (Å²) in [7, 11) is 0. The normalized spacial score (nSPS) is 13.8. The number of halogens is 2. The molecule has 33 heavy (non-hydrogen) atoms. The van der Waals surface area contributed by atoms with Gasteiger partial charge in [-0.25, -0.2) is 8.78 Å². The molecular weight excluding hydrogens is 426 g/mol. The summed E-state index contributed by atoms with van der Waals surface area (Å²) in [6.45, 7) is 3.89. The monoisotopic (exact) mass is 448 g/mol. The molecule has 0 fully saturated rings. The van der Waals surface area contributed by atoms with Gasteiger partial charge in [-0.15, -0.1) is 0 Å². The molecule has 1 aliphatic heterocycles. The van der Waals surface area contributed by atoms with Crippen LogP contribution in [0.25, 0.3) is 5.57 Å². The molecule has 5 nitrogen and oxygen atoms in total. The fraction of sp³-hybridized carbons (Fsp3) is 0.154. The lowest BCUT2D eigenvalue weighted by Crippen LogP contribution is -2.32. The van der Waals surface area contributed by atoms with Gasteiger partial charge >= 0.3 is 0 Å². The van der Waals surface area contributed by atoms with Gasteiger partial charge in [0.15, 0.2) is 11.6 Å². The smallest absolute Gasteiger partial charge is 0.278 e. The Bertz CT molecular complexity index is 1220. The SMILES string of the molecule is CC(C)Oc1ccc(C2=C(Nc3ccc(F)c(F)c3)C(=O)N(Cc3ccccc3)C2=O)cc1. The maximum absolute atomic E-state index is 13.8. The first-order valence-electron chi connectivity index (χ1n) is 10.5. The minimum atomic E-state index is -1.06. The number of carbonyl (C=O) groups excluding carboxylic acids is 2. The van der Waals surface area contributed by atoms with Gasteiger partial charge in [-0.1, -0.05) is 42.5 Å². The molecule has 0 saturated carbocycles. The minimum Gasteiger partial charge on any atom is -0.491 e. The predicted molar refractivity (Wildman–Crippen MR) is 121 cm³/mol. The van der Waals surface area contributed by atoms with Crippen molar-refractivity contribution in [1.29, 1.82) is 0 Å². The largest absolute Gasteiger partial charge is 0.491 e. The summed E-state index contributed by atoms with van der Waals surface area (Å²) in [5.41, 5.74) is 1.60. The molecule has 3 aromatic rings. The second-order valence-corrected chi connectivity index (χ2v) is 7.88. The molecular formula is C26H22F2N2O3. The third kappa shape index (κ3) is 4.77. The summed E-state index contributed by atoms with van der Waals surface area (Å²) in [5.74, 6) is -2.47.